The van der Waals surface area contributed by atoms with Crippen molar-refractivity contribution in [1.29, 1.82) is 0 Å². The monoisotopic (exact) mass is 218 g/mol. The van der Waals surface area contributed by atoms with Gasteiger partial charge in [-0.3, -0.25) is 0 Å². The maximum Gasteiger partial charge on any atom is 0.0615 e. The first kappa shape index (κ1) is 14.9. The van der Waals surface area contributed by atoms with E-state index in [1.807, 2.05) is 20.8 Å². The summed E-state index contributed by atoms with van der Waals surface area (Å²) in [5, 5.41) is 28.3. The van der Waals surface area contributed by atoms with Crippen molar-refractivity contribution in [3.63, 3.8) is 0 Å². The third-order valence-corrected chi connectivity index (χ3v) is 3.28. The van der Waals surface area contributed by atoms with Gasteiger partial charge in [0.1, 0.15) is 0 Å². The van der Waals surface area contributed by atoms with Gasteiger partial charge >= 0.3 is 0 Å². The average Bonchev–Trinajstić information content (AvgIpc) is 2.26. The standard InChI is InChI=1S/C12H26O3/c1-4-9(2)12(15)10(3)11(14)7-5-6-8-13/h9-15H,4-8H2,1-3H3/t9-,10-,11+,12+/m1/s1. The van der Waals surface area contributed by atoms with Crippen molar-refractivity contribution in [2.75, 3.05) is 6.61 Å². The van der Waals surface area contributed by atoms with Crippen LogP contribution in [0, 0.1) is 11.8 Å². The van der Waals surface area contributed by atoms with Crippen molar-refractivity contribution >= 4 is 0 Å². The Kier molecular flexibility index (Phi) is 8.02. The lowest BCUT2D eigenvalue weighted by Crippen LogP contribution is -2.33. The largest absolute Gasteiger partial charge is 0.396 e. The van der Waals surface area contributed by atoms with Crippen LogP contribution in [0.1, 0.15) is 46.5 Å². The van der Waals surface area contributed by atoms with Gasteiger partial charge in [0, 0.05) is 12.5 Å². The Balaban J connectivity index is 3.90. The number of rotatable bonds is 8. The molecule has 0 saturated carbocycles. The molecule has 0 bridgehead atoms. The smallest absolute Gasteiger partial charge is 0.0615 e. The molecule has 0 aliphatic heterocycles. The van der Waals surface area contributed by atoms with E-state index in [4.69, 9.17) is 5.11 Å². The van der Waals surface area contributed by atoms with Gasteiger partial charge in [0.15, 0.2) is 0 Å². The molecular formula is C12H26O3. The van der Waals surface area contributed by atoms with Crippen LogP contribution in [0.5, 0.6) is 0 Å². The second-order valence-electron chi connectivity index (χ2n) is 4.52. The SMILES string of the molecule is CC[C@@H](C)[C@H](O)[C@H](C)[C@@H](O)CCCCO. The molecule has 0 radical (unpaired) electrons. The molecule has 0 fully saturated rings. The zero-order chi connectivity index (χ0) is 11.8. The van der Waals surface area contributed by atoms with E-state index in [0.717, 1.165) is 19.3 Å². The average molecular weight is 218 g/mol. The molecule has 0 aliphatic rings. The summed E-state index contributed by atoms with van der Waals surface area (Å²) in [5.41, 5.74) is 0. The minimum atomic E-state index is -0.458. The molecule has 0 heterocycles. The van der Waals surface area contributed by atoms with Crippen molar-refractivity contribution in [3.05, 3.63) is 0 Å². The molecule has 15 heavy (non-hydrogen) atoms. The number of aliphatic hydroxyl groups excluding tert-OH is 3. The first-order chi connectivity index (χ1) is 7.04. The van der Waals surface area contributed by atoms with Crippen LogP contribution in [0.3, 0.4) is 0 Å². The van der Waals surface area contributed by atoms with Crippen molar-refractivity contribution in [2.24, 2.45) is 11.8 Å². The van der Waals surface area contributed by atoms with E-state index in [0.29, 0.717) is 6.42 Å². The summed E-state index contributed by atoms with van der Waals surface area (Å²) in [6.07, 6.45) is 2.24. The first-order valence-corrected chi connectivity index (χ1v) is 6.01. The molecule has 0 saturated heterocycles. The third-order valence-electron chi connectivity index (χ3n) is 3.28. The number of aliphatic hydroxyl groups is 3. The molecular weight excluding hydrogens is 192 g/mol. The first-order valence-electron chi connectivity index (χ1n) is 6.01. The van der Waals surface area contributed by atoms with Crippen molar-refractivity contribution in [1.82, 2.24) is 0 Å². The van der Waals surface area contributed by atoms with Crippen LogP contribution >= 0.6 is 0 Å². The van der Waals surface area contributed by atoms with Crippen LogP contribution < -0.4 is 0 Å². The Labute approximate surface area is 93.1 Å². The third kappa shape index (κ3) is 5.50. The molecule has 4 atom stereocenters. The van der Waals surface area contributed by atoms with Crippen molar-refractivity contribution in [3.8, 4) is 0 Å². The predicted octanol–water partition coefficient (Wildman–Crippen LogP) is 1.55. The predicted molar refractivity (Wildman–Crippen MR) is 61.6 cm³/mol. The highest BCUT2D eigenvalue weighted by Gasteiger charge is 2.25. The summed E-state index contributed by atoms with van der Waals surface area (Å²) in [6, 6.07) is 0. The molecule has 0 unspecified atom stereocenters. The fourth-order valence-electron chi connectivity index (χ4n) is 1.72. The highest BCUT2D eigenvalue weighted by atomic mass is 16.3. The fourth-order valence-corrected chi connectivity index (χ4v) is 1.72. The Bertz CT molecular complexity index is 150. The van der Waals surface area contributed by atoms with Crippen LogP contribution in [-0.4, -0.2) is 34.1 Å². The van der Waals surface area contributed by atoms with Gasteiger partial charge in [-0.15, -0.1) is 0 Å². The van der Waals surface area contributed by atoms with Crippen LogP contribution in [-0.2, 0) is 0 Å². The second kappa shape index (κ2) is 8.08. The topological polar surface area (TPSA) is 60.7 Å². The highest BCUT2D eigenvalue weighted by Crippen LogP contribution is 2.21. The maximum atomic E-state index is 9.90. The molecule has 0 rings (SSSR count). The van der Waals surface area contributed by atoms with Gasteiger partial charge in [-0.2, -0.15) is 0 Å². The molecule has 3 N–H and O–H groups in total. The number of hydrogen-bond acceptors (Lipinski definition) is 3. The van der Waals surface area contributed by atoms with Crippen molar-refractivity contribution < 1.29 is 15.3 Å². The second-order valence-corrected chi connectivity index (χ2v) is 4.52. The number of unbranched alkanes of at least 4 members (excludes halogenated alkanes) is 1. The van der Waals surface area contributed by atoms with Gasteiger partial charge in [0.2, 0.25) is 0 Å². The van der Waals surface area contributed by atoms with E-state index >= 15 is 0 Å². The summed E-state index contributed by atoms with van der Waals surface area (Å²) < 4.78 is 0. The van der Waals surface area contributed by atoms with Gasteiger partial charge in [0.05, 0.1) is 12.2 Å². The van der Waals surface area contributed by atoms with Crippen LogP contribution in [0.15, 0.2) is 0 Å². The lowest BCUT2D eigenvalue weighted by atomic mass is 9.86. The summed E-state index contributed by atoms with van der Waals surface area (Å²) in [4.78, 5) is 0. The minimum absolute atomic E-state index is 0.0846. The van der Waals surface area contributed by atoms with E-state index in [2.05, 4.69) is 0 Å². The lowest BCUT2D eigenvalue weighted by molar-refractivity contribution is -0.0111. The summed E-state index contributed by atoms with van der Waals surface area (Å²) in [6.45, 7) is 6.11. The van der Waals surface area contributed by atoms with Gasteiger partial charge < -0.3 is 15.3 Å². The minimum Gasteiger partial charge on any atom is -0.396 e. The maximum absolute atomic E-state index is 9.90. The van der Waals surface area contributed by atoms with Gasteiger partial charge in [0.25, 0.3) is 0 Å². The molecule has 0 aromatic carbocycles. The molecule has 0 aliphatic carbocycles. The molecule has 0 spiro atoms. The zero-order valence-corrected chi connectivity index (χ0v) is 10.2. The van der Waals surface area contributed by atoms with E-state index in [1.54, 1.807) is 0 Å². The van der Waals surface area contributed by atoms with Crippen molar-refractivity contribution in [2.45, 2.75) is 58.7 Å². The molecule has 3 nitrogen and oxygen atoms in total. The summed E-state index contributed by atoms with van der Waals surface area (Å²) in [7, 11) is 0. The Morgan fingerprint density at radius 2 is 1.67 bits per heavy atom. The van der Waals surface area contributed by atoms with E-state index in [1.165, 1.54) is 0 Å². The lowest BCUT2D eigenvalue weighted by Gasteiger charge is -2.28. The number of hydrogen-bond donors (Lipinski definition) is 3. The zero-order valence-electron chi connectivity index (χ0n) is 10.2. The van der Waals surface area contributed by atoms with Gasteiger partial charge in [-0.05, 0) is 25.2 Å². The fraction of sp³-hybridized carbons (Fsp3) is 1.00. The van der Waals surface area contributed by atoms with Gasteiger partial charge in [-0.25, -0.2) is 0 Å². The normalized spacial score (nSPS) is 19.6. The molecule has 0 aromatic rings. The molecule has 3 heteroatoms. The molecule has 92 valence electrons. The quantitative estimate of drug-likeness (QED) is 0.542. The Hall–Kier alpha value is -0.120. The van der Waals surface area contributed by atoms with E-state index < -0.39 is 12.2 Å². The van der Waals surface area contributed by atoms with E-state index in [9.17, 15) is 10.2 Å². The van der Waals surface area contributed by atoms with Crippen LogP contribution in [0.2, 0.25) is 0 Å². The highest BCUT2D eigenvalue weighted by molar-refractivity contribution is 4.75. The summed E-state index contributed by atoms with van der Waals surface area (Å²) >= 11 is 0. The Morgan fingerprint density at radius 1 is 1.07 bits per heavy atom. The summed E-state index contributed by atoms with van der Waals surface area (Å²) in [5.74, 6) is 0.145. The molecule has 0 amide bonds. The van der Waals surface area contributed by atoms with E-state index in [-0.39, 0.29) is 18.4 Å². The van der Waals surface area contributed by atoms with Crippen LogP contribution in [0.25, 0.3) is 0 Å². The molecule has 0 aromatic heterocycles. The van der Waals surface area contributed by atoms with Crippen LogP contribution in [0.4, 0.5) is 0 Å². The van der Waals surface area contributed by atoms with Gasteiger partial charge in [-0.1, -0.05) is 27.2 Å². The Morgan fingerprint density at radius 3 is 2.13 bits per heavy atom.